The summed E-state index contributed by atoms with van der Waals surface area (Å²) in [6.07, 6.45) is 2.95. The Labute approximate surface area is 197 Å². The molecule has 1 aliphatic heterocycles. The molecule has 172 valence electrons. The van der Waals surface area contributed by atoms with Crippen LogP contribution in [-0.4, -0.2) is 28.0 Å². The van der Waals surface area contributed by atoms with Crippen molar-refractivity contribution in [2.75, 3.05) is 12.0 Å². The number of hydrogen-bond acceptors (Lipinski definition) is 4. The lowest BCUT2D eigenvalue weighted by atomic mass is 9.86. The first-order chi connectivity index (χ1) is 16.3. The molecule has 0 saturated heterocycles. The highest BCUT2D eigenvalue weighted by Gasteiger charge is 2.43. The fourth-order valence-electron chi connectivity index (χ4n) is 4.41. The molecular weight excluding hydrogens is 431 g/mol. The first-order valence-electron chi connectivity index (χ1n) is 11.1. The van der Waals surface area contributed by atoms with Gasteiger partial charge in [-0.15, -0.1) is 0 Å². The number of carbonyl (C=O) groups excluding carboxylic acids is 1. The number of halogens is 1. The molecule has 4 aromatic rings. The molecule has 1 aliphatic rings. The number of nitrogens with one attached hydrogen (secondary N) is 1. The van der Waals surface area contributed by atoms with Crippen LogP contribution >= 0.6 is 0 Å². The number of rotatable bonds is 5. The van der Waals surface area contributed by atoms with Crippen LogP contribution in [0.25, 0.3) is 22.6 Å². The number of nitrogens with zero attached hydrogens (tertiary/aromatic N) is 3. The molecular formula is C27H25FN4O2. The summed E-state index contributed by atoms with van der Waals surface area (Å²) in [5.74, 6) is 0.825. The molecule has 1 amide bonds. The van der Waals surface area contributed by atoms with Gasteiger partial charge in [0, 0.05) is 23.1 Å². The topological polar surface area (TPSA) is 71.1 Å². The van der Waals surface area contributed by atoms with Crippen molar-refractivity contribution in [1.29, 1.82) is 0 Å². The molecule has 0 bridgehead atoms. The fourth-order valence-corrected chi connectivity index (χ4v) is 4.41. The molecule has 2 aromatic heterocycles. The zero-order chi connectivity index (χ0) is 24.0. The van der Waals surface area contributed by atoms with Crippen molar-refractivity contribution in [2.24, 2.45) is 0 Å². The van der Waals surface area contributed by atoms with E-state index in [9.17, 15) is 9.18 Å². The van der Waals surface area contributed by atoms with E-state index in [-0.39, 0.29) is 5.91 Å². The predicted octanol–water partition coefficient (Wildman–Crippen LogP) is 5.42. The number of aryl methyl sites for hydroxylation is 1. The number of imidazole rings is 1. The van der Waals surface area contributed by atoms with E-state index in [1.54, 1.807) is 19.4 Å². The number of aromatic nitrogens is 3. The lowest BCUT2D eigenvalue weighted by Gasteiger charge is -2.20. The minimum Gasteiger partial charge on any atom is -0.497 e. The summed E-state index contributed by atoms with van der Waals surface area (Å²) in [7, 11) is 1.63. The predicted molar refractivity (Wildman–Crippen MR) is 129 cm³/mol. The third-order valence-electron chi connectivity index (χ3n) is 6.36. The lowest BCUT2D eigenvalue weighted by Crippen LogP contribution is -2.35. The minimum atomic E-state index is -0.630. The maximum atomic E-state index is 14.3. The number of aromatic amines is 1. The third kappa shape index (κ3) is 3.63. The second-order valence-corrected chi connectivity index (χ2v) is 9.04. The minimum absolute atomic E-state index is 0.0486. The van der Waals surface area contributed by atoms with Crippen LogP contribution in [0.1, 0.15) is 30.7 Å². The number of anilines is 1. The fraction of sp³-hybridized carbons (Fsp3) is 0.222. The molecule has 7 heteroatoms. The second-order valence-electron chi connectivity index (χ2n) is 9.04. The van der Waals surface area contributed by atoms with Crippen molar-refractivity contribution in [3.05, 3.63) is 83.6 Å². The van der Waals surface area contributed by atoms with Crippen LogP contribution in [0, 0.1) is 12.7 Å². The van der Waals surface area contributed by atoms with Crippen LogP contribution in [0.3, 0.4) is 0 Å². The van der Waals surface area contributed by atoms with Crippen LogP contribution < -0.4 is 9.64 Å². The highest BCUT2D eigenvalue weighted by Crippen LogP contribution is 2.44. The molecule has 0 radical (unpaired) electrons. The lowest BCUT2D eigenvalue weighted by molar-refractivity contribution is -0.122. The maximum absolute atomic E-state index is 14.3. The standard InChI is InChI=1S/C27H25FN4O2/c1-16-11-20(22(28)13-29-16)25-30-14-23(31-25)18-7-10-21-24(12-18)32(26(33)27(21,2)3)15-17-5-8-19(34-4)9-6-17/h5-14H,15H2,1-4H3,(H,30,31). The second kappa shape index (κ2) is 8.09. The number of H-pyrrole nitrogens is 1. The van der Waals surface area contributed by atoms with Gasteiger partial charge in [0.05, 0.1) is 36.5 Å². The summed E-state index contributed by atoms with van der Waals surface area (Å²) in [5, 5.41) is 0. The number of methoxy groups -OCH3 is 1. The number of ether oxygens (including phenoxy) is 1. The Morgan fingerprint density at radius 3 is 2.62 bits per heavy atom. The van der Waals surface area contributed by atoms with E-state index in [0.717, 1.165) is 28.1 Å². The van der Waals surface area contributed by atoms with Crippen molar-refractivity contribution in [3.8, 4) is 28.4 Å². The Bertz CT molecular complexity index is 1390. The van der Waals surface area contributed by atoms with E-state index in [4.69, 9.17) is 4.74 Å². The van der Waals surface area contributed by atoms with Gasteiger partial charge in [-0.05, 0) is 56.2 Å². The quantitative estimate of drug-likeness (QED) is 0.435. The number of amides is 1. The number of pyridine rings is 1. The van der Waals surface area contributed by atoms with Gasteiger partial charge >= 0.3 is 0 Å². The summed E-state index contributed by atoms with van der Waals surface area (Å²) in [6, 6.07) is 15.3. The van der Waals surface area contributed by atoms with Gasteiger partial charge in [0.15, 0.2) is 5.82 Å². The highest BCUT2D eigenvalue weighted by molar-refractivity contribution is 6.08. The van der Waals surface area contributed by atoms with E-state index in [1.807, 2.05) is 68.1 Å². The van der Waals surface area contributed by atoms with Gasteiger partial charge in [-0.3, -0.25) is 9.78 Å². The van der Waals surface area contributed by atoms with Crippen LogP contribution in [0.5, 0.6) is 5.75 Å². The number of benzene rings is 2. The van der Waals surface area contributed by atoms with Gasteiger partial charge < -0.3 is 14.6 Å². The first kappa shape index (κ1) is 21.8. The average Bonchev–Trinajstić information content (AvgIpc) is 3.39. The molecule has 0 spiro atoms. The Hall–Kier alpha value is -4.00. The van der Waals surface area contributed by atoms with Gasteiger partial charge in [0.1, 0.15) is 11.6 Å². The number of carbonyl (C=O) groups is 1. The first-order valence-corrected chi connectivity index (χ1v) is 11.1. The van der Waals surface area contributed by atoms with Gasteiger partial charge in [-0.1, -0.05) is 24.3 Å². The Balaban J connectivity index is 1.51. The van der Waals surface area contributed by atoms with E-state index in [1.165, 1.54) is 6.20 Å². The van der Waals surface area contributed by atoms with Gasteiger partial charge in [-0.25, -0.2) is 9.37 Å². The van der Waals surface area contributed by atoms with E-state index < -0.39 is 11.2 Å². The van der Waals surface area contributed by atoms with Crippen LogP contribution in [-0.2, 0) is 16.8 Å². The smallest absolute Gasteiger partial charge is 0.237 e. The molecule has 0 saturated carbocycles. The van der Waals surface area contributed by atoms with Gasteiger partial charge in [0.2, 0.25) is 5.91 Å². The molecule has 0 unspecified atom stereocenters. The molecule has 6 nitrogen and oxygen atoms in total. The van der Waals surface area contributed by atoms with Crippen molar-refractivity contribution in [3.63, 3.8) is 0 Å². The van der Waals surface area contributed by atoms with Gasteiger partial charge in [0.25, 0.3) is 0 Å². The maximum Gasteiger partial charge on any atom is 0.237 e. The van der Waals surface area contributed by atoms with Crippen molar-refractivity contribution < 1.29 is 13.9 Å². The van der Waals surface area contributed by atoms with Crippen LogP contribution in [0.4, 0.5) is 10.1 Å². The summed E-state index contributed by atoms with van der Waals surface area (Å²) in [5.41, 5.74) is 4.81. The number of fused-ring (bicyclic) bond motifs is 1. The van der Waals surface area contributed by atoms with Crippen molar-refractivity contribution in [2.45, 2.75) is 32.7 Å². The van der Waals surface area contributed by atoms with E-state index in [0.29, 0.717) is 29.3 Å². The SMILES string of the molecule is COc1ccc(CN2C(=O)C(C)(C)c3ccc(-c4c[nH]c(-c5cc(C)ncc5F)n4)cc32)cc1. The summed E-state index contributed by atoms with van der Waals surface area (Å²) in [4.78, 5) is 26.8. The Morgan fingerprint density at radius 2 is 1.88 bits per heavy atom. The molecule has 0 fully saturated rings. The van der Waals surface area contributed by atoms with Crippen molar-refractivity contribution >= 4 is 11.6 Å². The molecule has 1 N–H and O–H groups in total. The summed E-state index contributed by atoms with van der Waals surface area (Å²) in [6.45, 7) is 6.16. The Morgan fingerprint density at radius 1 is 1.12 bits per heavy atom. The summed E-state index contributed by atoms with van der Waals surface area (Å²) >= 11 is 0. The molecule has 2 aromatic carbocycles. The van der Waals surface area contributed by atoms with Crippen molar-refractivity contribution in [1.82, 2.24) is 15.0 Å². The highest BCUT2D eigenvalue weighted by atomic mass is 19.1. The number of hydrogen-bond donors (Lipinski definition) is 1. The molecule has 5 rings (SSSR count). The molecule has 0 atom stereocenters. The normalized spacial score (nSPS) is 14.4. The Kier molecular flexibility index (Phi) is 5.20. The average molecular weight is 457 g/mol. The molecule has 0 aliphatic carbocycles. The summed E-state index contributed by atoms with van der Waals surface area (Å²) < 4.78 is 19.6. The van der Waals surface area contributed by atoms with Crippen LogP contribution in [0.2, 0.25) is 0 Å². The van der Waals surface area contributed by atoms with E-state index >= 15 is 0 Å². The van der Waals surface area contributed by atoms with Crippen LogP contribution in [0.15, 0.2) is 60.9 Å². The van der Waals surface area contributed by atoms with Gasteiger partial charge in [-0.2, -0.15) is 0 Å². The zero-order valence-corrected chi connectivity index (χ0v) is 19.5. The molecule has 34 heavy (non-hydrogen) atoms. The largest absolute Gasteiger partial charge is 0.497 e. The molecule has 3 heterocycles. The zero-order valence-electron chi connectivity index (χ0n) is 19.5. The monoisotopic (exact) mass is 456 g/mol. The third-order valence-corrected chi connectivity index (χ3v) is 6.36. The van der Waals surface area contributed by atoms with E-state index in [2.05, 4.69) is 15.0 Å².